The van der Waals surface area contributed by atoms with E-state index in [0.717, 1.165) is 5.39 Å². The van der Waals surface area contributed by atoms with Crippen molar-refractivity contribution in [3.63, 3.8) is 0 Å². The molecule has 0 saturated heterocycles. The standard InChI is InChI=1S/C14H15FO4S/c15-7-1-2-8-19-20(17,18)14-6-4-11-3-5-13(16)9-12(11)10-14/h3-6,9-10,16H,1-2,7-8H2. The van der Waals surface area contributed by atoms with Gasteiger partial charge in [0.1, 0.15) is 5.75 Å². The van der Waals surface area contributed by atoms with Gasteiger partial charge in [0, 0.05) is 0 Å². The molecular formula is C14H15FO4S. The highest BCUT2D eigenvalue weighted by Crippen LogP contribution is 2.24. The number of rotatable bonds is 6. The Morgan fingerprint density at radius 3 is 2.55 bits per heavy atom. The summed E-state index contributed by atoms with van der Waals surface area (Å²) in [4.78, 5) is 0.0239. The second kappa shape index (κ2) is 6.19. The van der Waals surface area contributed by atoms with Crippen LogP contribution in [-0.2, 0) is 14.3 Å². The summed E-state index contributed by atoms with van der Waals surface area (Å²) in [6.45, 7) is -0.525. The Kier molecular flexibility index (Phi) is 4.57. The molecule has 0 saturated carbocycles. The second-order valence-electron chi connectivity index (χ2n) is 4.37. The molecule has 1 N–H and O–H groups in total. The van der Waals surface area contributed by atoms with E-state index in [1.807, 2.05) is 0 Å². The van der Waals surface area contributed by atoms with Crippen molar-refractivity contribution in [2.24, 2.45) is 0 Å². The van der Waals surface area contributed by atoms with Gasteiger partial charge in [-0.3, -0.25) is 8.57 Å². The SMILES string of the molecule is O=S(=O)(OCCCCF)c1ccc2ccc(O)cc2c1. The maximum atomic E-state index is 11.9. The molecule has 2 rings (SSSR count). The van der Waals surface area contributed by atoms with Crippen LogP contribution >= 0.6 is 0 Å². The molecule has 2 aromatic rings. The molecule has 0 radical (unpaired) electrons. The van der Waals surface area contributed by atoms with E-state index in [1.165, 1.54) is 24.3 Å². The van der Waals surface area contributed by atoms with E-state index in [-0.39, 0.29) is 23.7 Å². The first-order chi connectivity index (χ1) is 9.53. The Morgan fingerprint density at radius 2 is 1.80 bits per heavy atom. The molecule has 0 bridgehead atoms. The quantitative estimate of drug-likeness (QED) is 0.658. The Hall–Kier alpha value is -1.66. The molecule has 6 heteroatoms. The number of phenolic OH excluding ortho intramolecular Hbond substituents is 1. The molecule has 108 valence electrons. The highest BCUT2D eigenvalue weighted by molar-refractivity contribution is 7.86. The highest BCUT2D eigenvalue weighted by Gasteiger charge is 2.15. The number of hydrogen-bond donors (Lipinski definition) is 1. The van der Waals surface area contributed by atoms with Crippen LogP contribution in [0.1, 0.15) is 12.8 Å². The van der Waals surface area contributed by atoms with Crippen LogP contribution in [0.4, 0.5) is 4.39 Å². The first-order valence-corrected chi connectivity index (χ1v) is 7.62. The number of phenols is 1. The smallest absolute Gasteiger partial charge is 0.296 e. The van der Waals surface area contributed by atoms with Gasteiger partial charge in [-0.05, 0) is 47.9 Å². The molecule has 0 aromatic heterocycles. The van der Waals surface area contributed by atoms with Crippen LogP contribution in [0.2, 0.25) is 0 Å². The molecule has 0 spiro atoms. The fraction of sp³-hybridized carbons (Fsp3) is 0.286. The third-order valence-electron chi connectivity index (χ3n) is 2.85. The molecule has 0 amide bonds. The molecule has 0 heterocycles. The van der Waals surface area contributed by atoms with Gasteiger partial charge >= 0.3 is 0 Å². The maximum absolute atomic E-state index is 11.9. The molecule has 0 aliphatic carbocycles. The normalized spacial score (nSPS) is 11.8. The van der Waals surface area contributed by atoms with Crippen LogP contribution in [0.3, 0.4) is 0 Å². The number of hydrogen-bond acceptors (Lipinski definition) is 4. The summed E-state index contributed by atoms with van der Waals surface area (Å²) in [6.07, 6.45) is 0.630. The highest BCUT2D eigenvalue weighted by atomic mass is 32.2. The molecule has 0 fully saturated rings. The number of aromatic hydroxyl groups is 1. The molecule has 20 heavy (non-hydrogen) atoms. The van der Waals surface area contributed by atoms with Crippen molar-refractivity contribution in [1.82, 2.24) is 0 Å². The molecule has 0 aliphatic heterocycles. The summed E-state index contributed by atoms with van der Waals surface area (Å²) in [6, 6.07) is 9.25. The van der Waals surface area contributed by atoms with Crippen molar-refractivity contribution in [2.45, 2.75) is 17.7 Å². The van der Waals surface area contributed by atoms with Gasteiger partial charge in [-0.1, -0.05) is 12.1 Å². The fourth-order valence-corrected chi connectivity index (χ4v) is 2.78. The van der Waals surface area contributed by atoms with E-state index >= 15 is 0 Å². The van der Waals surface area contributed by atoms with E-state index < -0.39 is 16.8 Å². The lowest BCUT2D eigenvalue weighted by Crippen LogP contribution is -2.07. The van der Waals surface area contributed by atoms with Crippen LogP contribution in [-0.4, -0.2) is 26.8 Å². The summed E-state index contributed by atoms with van der Waals surface area (Å²) in [5, 5.41) is 10.8. The zero-order chi connectivity index (χ0) is 14.6. The summed E-state index contributed by atoms with van der Waals surface area (Å²) in [7, 11) is -3.85. The van der Waals surface area contributed by atoms with Crippen molar-refractivity contribution in [3.05, 3.63) is 36.4 Å². The Balaban J connectivity index is 2.23. The number of halogens is 1. The monoisotopic (exact) mass is 298 g/mol. The van der Waals surface area contributed by atoms with Crippen molar-refractivity contribution in [3.8, 4) is 5.75 Å². The minimum absolute atomic E-state index is 0.0239. The van der Waals surface area contributed by atoms with Gasteiger partial charge < -0.3 is 5.11 Å². The first-order valence-electron chi connectivity index (χ1n) is 6.21. The number of benzene rings is 2. The summed E-state index contributed by atoms with van der Waals surface area (Å²) >= 11 is 0. The Morgan fingerprint density at radius 1 is 1.05 bits per heavy atom. The average molecular weight is 298 g/mol. The van der Waals surface area contributed by atoms with E-state index in [0.29, 0.717) is 11.8 Å². The maximum Gasteiger partial charge on any atom is 0.296 e. The predicted octanol–water partition coefficient (Wildman–Crippen LogP) is 3.00. The molecule has 0 aliphatic rings. The third kappa shape index (κ3) is 3.46. The molecule has 2 aromatic carbocycles. The van der Waals surface area contributed by atoms with Gasteiger partial charge in [0.25, 0.3) is 10.1 Å². The summed E-state index contributed by atoms with van der Waals surface area (Å²) < 4.78 is 40.7. The van der Waals surface area contributed by atoms with Crippen molar-refractivity contribution in [1.29, 1.82) is 0 Å². The lowest BCUT2D eigenvalue weighted by Gasteiger charge is -2.06. The largest absolute Gasteiger partial charge is 0.508 e. The summed E-state index contributed by atoms with van der Waals surface area (Å²) in [5.74, 6) is 0.0657. The van der Waals surface area contributed by atoms with Crippen LogP contribution in [0.25, 0.3) is 10.8 Å². The fourth-order valence-electron chi connectivity index (χ4n) is 1.80. The number of fused-ring (bicyclic) bond motifs is 1. The van der Waals surface area contributed by atoms with Gasteiger partial charge in [-0.25, -0.2) is 0 Å². The van der Waals surface area contributed by atoms with Crippen molar-refractivity contribution in [2.75, 3.05) is 13.3 Å². The molecule has 4 nitrogen and oxygen atoms in total. The third-order valence-corrected chi connectivity index (χ3v) is 4.16. The molecule has 0 atom stereocenters. The Labute approximate surface area is 116 Å². The number of unbranched alkanes of at least 4 members (excludes halogenated alkanes) is 1. The lowest BCUT2D eigenvalue weighted by molar-refractivity contribution is 0.299. The van der Waals surface area contributed by atoms with E-state index in [9.17, 15) is 17.9 Å². The van der Waals surface area contributed by atoms with E-state index in [2.05, 4.69) is 0 Å². The van der Waals surface area contributed by atoms with Gasteiger partial charge in [0.2, 0.25) is 0 Å². The average Bonchev–Trinajstić information content (AvgIpc) is 2.43. The summed E-state index contributed by atoms with van der Waals surface area (Å²) in [5.41, 5.74) is 0. The van der Waals surface area contributed by atoms with Crippen LogP contribution in [0.5, 0.6) is 5.75 Å². The predicted molar refractivity (Wildman–Crippen MR) is 74.0 cm³/mol. The van der Waals surface area contributed by atoms with Crippen LogP contribution in [0.15, 0.2) is 41.3 Å². The molecular weight excluding hydrogens is 283 g/mol. The van der Waals surface area contributed by atoms with Gasteiger partial charge in [-0.15, -0.1) is 0 Å². The van der Waals surface area contributed by atoms with Gasteiger partial charge in [0.05, 0.1) is 18.2 Å². The van der Waals surface area contributed by atoms with Gasteiger partial charge in [-0.2, -0.15) is 8.42 Å². The first kappa shape index (κ1) is 14.7. The minimum atomic E-state index is -3.85. The lowest BCUT2D eigenvalue weighted by atomic mass is 10.1. The second-order valence-corrected chi connectivity index (χ2v) is 5.98. The van der Waals surface area contributed by atoms with Crippen molar-refractivity contribution < 1.29 is 22.1 Å². The van der Waals surface area contributed by atoms with Gasteiger partial charge in [0.15, 0.2) is 0 Å². The zero-order valence-electron chi connectivity index (χ0n) is 10.8. The topological polar surface area (TPSA) is 63.6 Å². The van der Waals surface area contributed by atoms with Crippen LogP contribution in [0, 0.1) is 0 Å². The molecule has 0 unspecified atom stereocenters. The Bertz CT molecular complexity index is 697. The minimum Gasteiger partial charge on any atom is -0.508 e. The van der Waals surface area contributed by atoms with E-state index in [4.69, 9.17) is 4.18 Å². The zero-order valence-corrected chi connectivity index (χ0v) is 11.6. The number of alkyl halides is 1. The van der Waals surface area contributed by atoms with Crippen LogP contribution < -0.4 is 0 Å². The van der Waals surface area contributed by atoms with Crippen molar-refractivity contribution >= 4 is 20.9 Å². The van der Waals surface area contributed by atoms with E-state index in [1.54, 1.807) is 12.1 Å².